The van der Waals surface area contributed by atoms with Crippen molar-refractivity contribution >= 4 is 11.8 Å². The Kier molecular flexibility index (Phi) is 4.96. The fraction of sp³-hybridized carbons (Fsp3) is 0.556. The van der Waals surface area contributed by atoms with Gasteiger partial charge in [-0.3, -0.25) is 9.59 Å². The zero-order valence-electron chi connectivity index (χ0n) is 14.3. The molecule has 1 unspecified atom stereocenters. The van der Waals surface area contributed by atoms with Crippen molar-refractivity contribution < 1.29 is 27.9 Å². The number of β-amino-alcohol motifs (C(OH)–C–C–N with tert-alkyl or cyclic N) is 1. The molecule has 142 valence electrons. The molecule has 2 fully saturated rings. The third kappa shape index (κ3) is 3.06. The van der Waals surface area contributed by atoms with Gasteiger partial charge in [-0.05, 0) is 37.8 Å². The Labute approximate surface area is 149 Å². The molecule has 1 aromatic carbocycles. The van der Waals surface area contributed by atoms with E-state index >= 15 is 0 Å². The van der Waals surface area contributed by atoms with Crippen LogP contribution in [0.2, 0.25) is 0 Å². The molecular formula is C18H21F3N2O3. The third-order valence-electron chi connectivity index (χ3n) is 5.27. The molecular weight excluding hydrogens is 349 g/mol. The minimum atomic E-state index is -4.64. The van der Waals surface area contributed by atoms with Crippen molar-refractivity contribution in [2.75, 3.05) is 26.2 Å². The molecule has 2 aliphatic rings. The number of aliphatic hydroxyl groups is 1. The van der Waals surface area contributed by atoms with E-state index in [9.17, 15) is 22.8 Å². The monoisotopic (exact) mass is 370 g/mol. The van der Waals surface area contributed by atoms with Crippen LogP contribution in [-0.2, 0) is 11.0 Å². The van der Waals surface area contributed by atoms with Crippen molar-refractivity contribution in [2.24, 2.45) is 0 Å². The van der Waals surface area contributed by atoms with Gasteiger partial charge in [0.25, 0.3) is 5.91 Å². The predicted molar refractivity (Wildman–Crippen MR) is 87.3 cm³/mol. The molecule has 3 rings (SSSR count). The molecule has 5 nitrogen and oxygen atoms in total. The van der Waals surface area contributed by atoms with Crippen LogP contribution in [0.5, 0.6) is 0 Å². The number of hydrogen-bond donors (Lipinski definition) is 1. The van der Waals surface area contributed by atoms with Crippen LogP contribution in [0.25, 0.3) is 0 Å². The number of rotatable bonds is 3. The average Bonchev–Trinajstić information content (AvgIpc) is 3.02. The number of benzene rings is 1. The second-order valence-corrected chi connectivity index (χ2v) is 6.75. The minimum absolute atomic E-state index is 0.168. The summed E-state index contributed by atoms with van der Waals surface area (Å²) in [7, 11) is 0. The molecule has 0 radical (unpaired) electrons. The lowest BCUT2D eigenvalue weighted by atomic mass is 9.85. The van der Waals surface area contributed by atoms with Crippen LogP contribution in [0.15, 0.2) is 24.3 Å². The summed E-state index contributed by atoms with van der Waals surface area (Å²) in [5, 5.41) is 9.15. The molecule has 2 saturated heterocycles. The zero-order chi connectivity index (χ0) is 18.9. The van der Waals surface area contributed by atoms with Crippen molar-refractivity contribution in [3.8, 4) is 0 Å². The highest BCUT2D eigenvalue weighted by molar-refractivity contribution is 6.01. The first-order valence-corrected chi connectivity index (χ1v) is 8.70. The van der Waals surface area contributed by atoms with Crippen LogP contribution in [0, 0.1) is 0 Å². The lowest BCUT2D eigenvalue weighted by molar-refractivity contribution is -0.146. The Morgan fingerprint density at radius 2 is 1.81 bits per heavy atom. The van der Waals surface area contributed by atoms with Gasteiger partial charge in [0.05, 0.1) is 17.7 Å². The molecule has 1 N–H and O–H groups in total. The van der Waals surface area contributed by atoms with Gasteiger partial charge in [0.2, 0.25) is 5.91 Å². The standard InChI is InChI=1S/C18H21F3N2O3/c19-18(20,21)14-6-2-1-5-13(14)15(25)23-10-4-8-17(23)7-3-9-22(11-12-24)16(17)26/h1-2,5-6,24H,3-4,7-12H2. The van der Waals surface area contributed by atoms with Crippen molar-refractivity contribution in [3.63, 3.8) is 0 Å². The zero-order valence-corrected chi connectivity index (χ0v) is 14.3. The first-order chi connectivity index (χ1) is 12.3. The van der Waals surface area contributed by atoms with E-state index in [-0.39, 0.29) is 25.6 Å². The van der Waals surface area contributed by atoms with Crippen LogP contribution < -0.4 is 0 Å². The summed E-state index contributed by atoms with van der Waals surface area (Å²) >= 11 is 0. The van der Waals surface area contributed by atoms with Crippen LogP contribution in [0.3, 0.4) is 0 Å². The molecule has 0 aromatic heterocycles. The maximum Gasteiger partial charge on any atom is 0.417 e. The minimum Gasteiger partial charge on any atom is -0.395 e. The van der Waals surface area contributed by atoms with Gasteiger partial charge in [-0.1, -0.05) is 12.1 Å². The van der Waals surface area contributed by atoms with Gasteiger partial charge in [0.15, 0.2) is 0 Å². The molecule has 8 heteroatoms. The highest BCUT2D eigenvalue weighted by atomic mass is 19.4. The molecule has 1 atom stereocenters. The number of amides is 2. The van der Waals surface area contributed by atoms with Gasteiger partial charge in [-0.15, -0.1) is 0 Å². The SMILES string of the molecule is O=C(c1ccccc1C(F)(F)F)N1CCCC12CCCN(CCO)C2=O. The van der Waals surface area contributed by atoms with Gasteiger partial charge in [0, 0.05) is 19.6 Å². The van der Waals surface area contributed by atoms with Crippen molar-refractivity contribution in [3.05, 3.63) is 35.4 Å². The summed E-state index contributed by atoms with van der Waals surface area (Å²) in [4.78, 5) is 28.8. The summed E-state index contributed by atoms with van der Waals surface area (Å²) in [6.45, 7) is 0.723. The Balaban J connectivity index is 1.96. The van der Waals surface area contributed by atoms with Gasteiger partial charge in [0.1, 0.15) is 5.54 Å². The lowest BCUT2D eigenvalue weighted by Gasteiger charge is -2.44. The molecule has 2 aliphatic heterocycles. The fourth-order valence-corrected chi connectivity index (χ4v) is 4.12. The maximum atomic E-state index is 13.3. The molecule has 26 heavy (non-hydrogen) atoms. The number of carbonyl (C=O) groups is 2. The van der Waals surface area contributed by atoms with Gasteiger partial charge < -0.3 is 14.9 Å². The first-order valence-electron chi connectivity index (χ1n) is 8.70. The topological polar surface area (TPSA) is 60.9 Å². The highest BCUT2D eigenvalue weighted by Gasteiger charge is 2.53. The van der Waals surface area contributed by atoms with Crippen molar-refractivity contribution in [1.29, 1.82) is 0 Å². The number of likely N-dealkylation sites (tertiary alicyclic amines) is 2. The van der Waals surface area contributed by atoms with E-state index in [0.29, 0.717) is 32.2 Å². The number of carbonyl (C=O) groups excluding carboxylic acids is 2. The number of alkyl halides is 3. The number of nitrogens with zero attached hydrogens (tertiary/aromatic N) is 2. The van der Waals surface area contributed by atoms with E-state index in [1.165, 1.54) is 21.9 Å². The smallest absolute Gasteiger partial charge is 0.395 e. The average molecular weight is 370 g/mol. The maximum absolute atomic E-state index is 13.3. The molecule has 2 amide bonds. The molecule has 1 spiro atoms. The lowest BCUT2D eigenvalue weighted by Crippen LogP contribution is -2.61. The molecule has 0 saturated carbocycles. The molecule has 1 aromatic rings. The van der Waals surface area contributed by atoms with Crippen LogP contribution in [0.1, 0.15) is 41.6 Å². The third-order valence-corrected chi connectivity index (χ3v) is 5.27. The largest absolute Gasteiger partial charge is 0.417 e. The summed E-state index contributed by atoms with van der Waals surface area (Å²) in [6, 6.07) is 4.69. The summed E-state index contributed by atoms with van der Waals surface area (Å²) in [5.41, 5.74) is -2.50. The summed E-state index contributed by atoms with van der Waals surface area (Å²) in [5.74, 6) is -1.03. The van der Waals surface area contributed by atoms with E-state index in [4.69, 9.17) is 5.11 Å². The van der Waals surface area contributed by atoms with Gasteiger partial charge >= 0.3 is 6.18 Å². The Morgan fingerprint density at radius 1 is 1.15 bits per heavy atom. The quantitative estimate of drug-likeness (QED) is 0.888. The molecule has 2 heterocycles. The summed E-state index contributed by atoms with van der Waals surface area (Å²) in [6.07, 6.45) is -2.55. The van der Waals surface area contributed by atoms with Gasteiger partial charge in [-0.25, -0.2) is 0 Å². The van der Waals surface area contributed by atoms with Crippen LogP contribution in [-0.4, -0.2) is 58.5 Å². The number of aliphatic hydroxyl groups excluding tert-OH is 1. The first kappa shape index (κ1) is 18.7. The highest BCUT2D eigenvalue weighted by Crippen LogP contribution is 2.40. The van der Waals surface area contributed by atoms with E-state index < -0.39 is 28.7 Å². The Morgan fingerprint density at radius 3 is 2.46 bits per heavy atom. The van der Waals surface area contributed by atoms with Crippen molar-refractivity contribution in [2.45, 2.75) is 37.4 Å². The second-order valence-electron chi connectivity index (χ2n) is 6.75. The predicted octanol–water partition coefficient (Wildman–Crippen LogP) is 2.29. The Bertz CT molecular complexity index is 705. The van der Waals surface area contributed by atoms with E-state index in [0.717, 1.165) is 12.1 Å². The van der Waals surface area contributed by atoms with E-state index in [1.807, 2.05) is 0 Å². The number of halogens is 3. The molecule has 0 aliphatic carbocycles. The number of piperidine rings is 1. The molecule has 0 bridgehead atoms. The second kappa shape index (κ2) is 6.90. The normalized spacial score (nSPS) is 23.8. The fourth-order valence-electron chi connectivity index (χ4n) is 4.12. The van der Waals surface area contributed by atoms with Gasteiger partial charge in [-0.2, -0.15) is 13.2 Å². The van der Waals surface area contributed by atoms with Crippen LogP contribution >= 0.6 is 0 Å². The number of hydrogen-bond acceptors (Lipinski definition) is 3. The van der Waals surface area contributed by atoms with Crippen molar-refractivity contribution in [1.82, 2.24) is 9.80 Å². The van der Waals surface area contributed by atoms with E-state index in [1.54, 1.807) is 0 Å². The van der Waals surface area contributed by atoms with Crippen LogP contribution in [0.4, 0.5) is 13.2 Å². The Hall–Kier alpha value is -2.09. The summed E-state index contributed by atoms with van der Waals surface area (Å²) < 4.78 is 39.9. The van der Waals surface area contributed by atoms with E-state index in [2.05, 4.69) is 0 Å².